The van der Waals surface area contributed by atoms with Crippen molar-refractivity contribution in [3.63, 3.8) is 0 Å². The molecule has 1 saturated heterocycles. The average molecular weight is 293 g/mol. The third kappa shape index (κ3) is 2.94. The molecule has 0 bridgehead atoms. The van der Waals surface area contributed by atoms with Crippen LogP contribution in [0.3, 0.4) is 0 Å². The first-order chi connectivity index (χ1) is 9.95. The van der Waals surface area contributed by atoms with Crippen LogP contribution >= 0.6 is 0 Å². The molecule has 1 aromatic carbocycles. The fourth-order valence-corrected chi connectivity index (χ4v) is 2.71. The summed E-state index contributed by atoms with van der Waals surface area (Å²) in [6.07, 6.45) is 0.849. The number of phenols is 1. The second-order valence-electron chi connectivity index (χ2n) is 5.26. The van der Waals surface area contributed by atoms with Crippen LogP contribution in [-0.2, 0) is 4.79 Å². The van der Waals surface area contributed by atoms with Crippen molar-refractivity contribution in [1.82, 2.24) is 4.90 Å². The van der Waals surface area contributed by atoms with Crippen LogP contribution in [0.5, 0.6) is 11.5 Å². The number of carboxylic acid groups (broad SMARTS) is 1. The summed E-state index contributed by atoms with van der Waals surface area (Å²) < 4.78 is 5.00. The summed E-state index contributed by atoms with van der Waals surface area (Å²) >= 11 is 0. The van der Waals surface area contributed by atoms with Crippen molar-refractivity contribution >= 4 is 11.9 Å². The molecule has 0 saturated carbocycles. The number of amides is 1. The van der Waals surface area contributed by atoms with Crippen LogP contribution in [0.25, 0.3) is 0 Å². The number of likely N-dealkylation sites (tertiary alicyclic amines) is 1. The monoisotopic (exact) mass is 293 g/mol. The van der Waals surface area contributed by atoms with E-state index >= 15 is 0 Å². The van der Waals surface area contributed by atoms with Crippen LogP contribution in [0.15, 0.2) is 18.2 Å². The highest BCUT2D eigenvalue weighted by Gasteiger charge is 2.33. The zero-order valence-corrected chi connectivity index (χ0v) is 12.1. The Balaban J connectivity index is 2.20. The van der Waals surface area contributed by atoms with Crippen LogP contribution in [-0.4, -0.2) is 46.7 Å². The van der Waals surface area contributed by atoms with E-state index in [0.717, 1.165) is 0 Å². The molecular formula is C15H19NO5. The van der Waals surface area contributed by atoms with Crippen molar-refractivity contribution in [2.24, 2.45) is 5.92 Å². The molecule has 2 rings (SSSR count). The molecule has 6 nitrogen and oxygen atoms in total. The lowest BCUT2D eigenvalue weighted by atomic mass is 9.91. The quantitative estimate of drug-likeness (QED) is 0.886. The van der Waals surface area contributed by atoms with Crippen LogP contribution < -0.4 is 4.74 Å². The van der Waals surface area contributed by atoms with Gasteiger partial charge in [-0.05, 0) is 31.9 Å². The summed E-state index contributed by atoms with van der Waals surface area (Å²) in [6.45, 7) is 2.19. The van der Waals surface area contributed by atoms with E-state index in [2.05, 4.69) is 0 Å². The van der Waals surface area contributed by atoms with Crippen molar-refractivity contribution in [3.8, 4) is 11.5 Å². The van der Waals surface area contributed by atoms with Gasteiger partial charge in [0.25, 0.3) is 5.91 Å². The van der Waals surface area contributed by atoms with Crippen LogP contribution in [0.1, 0.15) is 30.1 Å². The van der Waals surface area contributed by atoms with E-state index in [-0.39, 0.29) is 29.0 Å². The molecule has 21 heavy (non-hydrogen) atoms. The maximum Gasteiger partial charge on any atom is 0.306 e. The SMILES string of the molecule is COc1cccc(C(=O)N2CCC(C(=O)O)CC2C)c1O. The molecule has 2 unspecified atom stereocenters. The predicted octanol–water partition coefficient (Wildman–Crippen LogP) is 1.73. The maximum absolute atomic E-state index is 12.5. The Morgan fingerprint density at radius 3 is 2.67 bits per heavy atom. The minimum absolute atomic E-state index is 0.176. The highest BCUT2D eigenvalue weighted by atomic mass is 16.5. The number of rotatable bonds is 3. The van der Waals surface area contributed by atoms with Gasteiger partial charge in [0.1, 0.15) is 0 Å². The third-order valence-electron chi connectivity index (χ3n) is 3.94. The molecule has 114 valence electrons. The number of methoxy groups -OCH3 is 1. The lowest BCUT2D eigenvalue weighted by molar-refractivity contribution is -0.143. The van der Waals surface area contributed by atoms with Gasteiger partial charge in [-0.15, -0.1) is 0 Å². The molecule has 2 N–H and O–H groups in total. The molecule has 0 radical (unpaired) electrons. The number of nitrogens with zero attached hydrogens (tertiary/aromatic N) is 1. The summed E-state index contributed by atoms with van der Waals surface area (Å²) in [5, 5.41) is 19.1. The first-order valence-corrected chi connectivity index (χ1v) is 6.85. The molecular weight excluding hydrogens is 274 g/mol. The number of piperidine rings is 1. The molecule has 0 aromatic heterocycles. The lowest BCUT2D eigenvalue weighted by Crippen LogP contribution is -2.46. The summed E-state index contributed by atoms with van der Waals surface area (Å²) in [6, 6.07) is 4.57. The van der Waals surface area contributed by atoms with Gasteiger partial charge >= 0.3 is 5.97 Å². The van der Waals surface area contributed by atoms with E-state index in [1.165, 1.54) is 13.2 Å². The highest BCUT2D eigenvalue weighted by Crippen LogP contribution is 2.32. The molecule has 1 aliphatic heterocycles. The molecule has 1 aliphatic rings. The number of ether oxygens (including phenoxy) is 1. The molecule has 0 spiro atoms. The van der Waals surface area contributed by atoms with E-state index in [1.54, 1.807) is 17.0 Å². The van der Waals surface area contributed by atoms with E-state index in [4.69, 9.17) is 9.84 Å². The Morgan fingerprint density at radius 1 is 1.38 bits per heavy atom. The van der Waals surface area contributed by atoms with Crippen LogP contribution in [0.4, 0.5) is 0 Å². The molecule has 6 heteroatoms. The molecule has 1 fully saturated rings. The van der Waals surface area contributed by atoms with Crippen molar-refractivity contribution < 1.29 is 24.5 Å². The molecule has 1 amide bonds. The summed E-state index contributed by atoms with van der Waals surface area (Å²) in [5.74, 6) is -1.48. The minimum atomic E-state index is -0.821. The molecule has 1 aromatic rings. The first-order valence-electron chi connectivity index (χ1n) is 6.85. The van der Waals surface area contributed by atoms with E-state index in [1.807, 2.05) is 6.92 Å². The first kappa shape index (κ1) is 15.2. The zero-order chi connectivity index (χ0) is 15.6. The number of benzene rings is 1. The van der Waals surface area contributed by atoms with Gasteiger partial charge in [-0.3, -0.25) is 9.59 Å². The van der Waals surface area contributed by atoms with Gasteiger partial charge in [-0.1, -0.05) is 6.07 Å². The maximum atomic E-state index is 12.5. The minimum Gasteiger partial charge on any atom is -0.504 e. The Labute approximate surface area is 122 Å². The van der Waals surface area contributed by atoms with E-state index in [0.29, 0.717) is 19.4 Å². The number of carbonyl (C=O) groups excluding carboxylic acids is 1. The number of aromatic hydroxyl groups is 1. The Hall–Kier alpha value is -2.24. The van der Waals surface area contributed by atoms with E-state index in [9.17, 15) is 14.7 Å². The largest absolute Gasteiger partial charge is 0.504 e. The molecule has 1 heterocycles. The number of hydrogen-bond acceptors (Lipinski definition) is 4. The predicted molar refractivity (Wildman–Crippen MR) is 75.5 cm³/mol. The fourth-order valence-electron chi connectivity index (χ4n) is 2.71. The number of carbonyl (C=O) groups is 2. The van der Waals surface area contributed by atoms with Crippen LogP contribution in [0.2, 0.25) is 0 Å². The van der Waals surface area contributed by atoms with Crippen molar-refractivity contribution in [2.75, 3.05) is 13.7 Å². The van der Waals surface area contributed by atoms with Gasteiger partial charge in [0.2, 0.25) is 0 Å². The highest BCUT2D eigenvalue weighted by molar-refractivity contribution is 5.98. The Kier molecular flexibility index (Phi) is 4.35. The van der Waals surface area contributed by atoms with Gasteiger partial charge in [-0.25, -0.2) is 0 Å². The smallest absolute Gasteiger partial charge is 0.306 e. The lowest BCUT2D eigenvalue weighted by Gasteiger charge is -2.36. The van der Waals surface area contributed by atoms with Gasteiger partial charge in [-0.2, -0.15) is 0 Å². The van der Waals surface area contributed by atoms with Gasteiger partial charge < -0.3 is 19.8 Å². The second-order valence-corrected chi connectivity index (χ2v) is 5.26. The number of phenolic OH excluding ortho intramolecular Hbond substituents is 1. The zero-order valence-electron chi connectivity index (χ0n) is 12.1. The van der Waals surface area contributed by atoms with Crippen molar-refractivity contribution in [3.05, 3.63) is 23.8 Å². The molecule has 0 aliphatic carbocycles. The molecule has 2 atom stereocenters. The Bertz CT molecular complexity index is 557. The standard InChI is InChI=1S/C15H19NO5/c1-9-8-10(15(19)20)6-7-16(9)14(18)11-4-3-5-12(21-2)13(11)17/h3-5,9-10,17H,6-8H2,1-2H3,(H,19,20). The van der Waals surface area contributed by atoms with E-state index < -0.39 is 11.9 Å². The fraction of sp³-hybridized carbons (Fsp3) is 0.467. The summed E-state index contributed by atoms with van der Waals surface area (Å²) in [4.78, 5) is 25.2. The summed E-state index contributed by atoms with van der Waals surface area (Å²) in [5.41, 5.74) is 0.176. The summed E-state index contributed by atoms with van der Waals surface area (Å²) in [7, 11) is 1.42. The number of para-hydroxylation sites is 1. The normalized spacial score (nSPS) is 21.9. The number of hydrogen-bond donors (Lipinski definition) is 2. The second kappa shape index (κ2) is 6.03. The third-order valence-corrected chi connectivity index (χ3v) is 3.94. The van der Waals surface area contributed by atoms with Gasteiger partial charge in [0.15, 0.2) is 11.5 Å². The topological polar surface area (TPSA) is 87.1 Å². The van der Waals surface area contributed by atoms with Crippen LogP contribution in [0, 0.1) is 5.92 Å². The van der Waals surface area contributed by atoms with Crippen molar-refractivity contribution in [2.45, 2.75) is 25.8 Å². The van der Waals surface area contributed by atoms with Gasteiger partial charge in [0, 0.05) is 12.6 Å². The number of carboxylic acids is 1. The number of aliphatic carboxylic acids is 1. The van der Waals surface area contributed by atoms with Gasteiger partial charge in [0.05, 0.1) is 18.6 Å². The average Bonchev–Trinajstić information content (AvgIpc) is 2.46. The Morgan fingerprint density at radius 2 is 2.10 bits per heavy atom. The van der Waals surface area contributed by atoms with Crippen molar-refractivity contribution in [1.29, 1.82) is 0 Å².